The molecule has 1 aromatic heterocycles. The average molecular weight is 283 g/mol. The Labute approximate surface area is 118 Å². The van der Waals surface area contributed by atoms with Gasteiger partial charge in [0.05, 0.1) is 6.10 Å². The average Bonchev–Trinajstić information content (AvgIpc) is 2.45. The van der Waals surface area contributed by atoms with E-state index in [0.29, 0.717) is 17.3 Å². The number of carbonyl (C=O) groups excluding carboxylic acids is 1. The number of pyridine rings is 1. The molecule has 19 heavy (non-hydrogen) atoms. The highest BCUT2D eigenvalue weighted by Crippen LogP contribution is 2.13. The lowest BCUT2D eigenvalue weighted by Crippen LogP contribution is -2.35. The molecule has 1 saturated heterocycles. The summed E-state index contributed by atoms with van der Waals surface area (Å²) in [6.45, 7) is 3.33. The number of aromatic nitrogens is 1. The molecule has 0 bridgehead atoms. The Morgan fingerprint density at radius 2 is 2.37 bits per heavy atom. The Hall–Kier alpha value is -1.13. The third-order valence-electron chi connectivity index (χ3n) is 3.24. The molecule has 1 aromatic rings. The van der Waals surface area contributed by atoms with Crippen molar-refractivity contribution in [2.24, 2.45) is 0 Å². The Morgan fingerprint density at radius 3 is 3.05 bits per heavy atom. The number of amides is 1. The van der Waals surface area contributed by atoms with Gasteiger partial charge in [-0.1, -0.05) is 18.5 Å². The normalized spacial score (nSPS) is 19.2. The summed E-state index contributed by atoms with van der Waals surface area (Å²) < 4.78 is 5.58. The molecule has 0 aromatic carbocycles. The second-order valence-corrected chi connectivity index (χ2v) is 5.11. The first-order chi connectivity index (χ1) is 9.19. The van der Waals surface area contributed by atoms with E-state index in [1.165, 1.54) is 6.42 Å². The predicted octanol–water partition coefficient (Wildman–Crippen LogP) is 2.60. The number of ether oxygens (including phenoxy) is 1. The minimum Gasteiger partial charge on any atom is -0.376 e. The van der Waals surface area contributed by atoms with E-state index >= 15 is 0 Å². The second-order valence-electron chi connectivity index (χ2n) is 4.72. The Balaban J connectivity index is 1.93. The van der Waals surface area contributed by atoms with Crippen LogP contribution in [-0.2, 0) is 11.2 Å². The molecular formula is C14H19ClN2O2. The quantitative estimate of drug-likeness (QED) is 0.864. The highest BCUT2D eigenvalue weighted by atomic mass is 35.5. The van der Waals surface area contributed by atoms with Crippen molar-refractivity contribution in [2.75, 3.05) is 13.2 Å². The molecule has 1 amide bonds. The third-order valence-corrected chi connectivity index (χ3v) is 3.43. The van der Waals surface area contributed by atoms with Crippen LogP contribution >= 0.6 is 11.6 Å². The lowest BCUT2D eigenvalue weighted by atomic mass is 10.1. The van der Waals surface area contributed by atoms with Crippen molar-refractivity contribution in [1.82, 2.24) is 10.3 Å². The molecule has 1 aliphatic heterocycles. The summed E-state index contributed by atoms with van der Waals surface area (Å²) in [5.41, 5.74) is 1.39. The number of rotatable bonds is 4. The molecule has 0 radical (unpaired) electrons. The topological polar surface area (TPSA) is 51.2 Å². The van der Waals surface area contributed by atoms with Gasteiger partial charge in [-0.05, 0) is 37.8 Å². The van der Waals surface area contributed by atoms with E-state index in [9.17, 15) is 4.79 Å². The molecule has 1 fully saturated rings. The maximum absolute atomic E-state index is 12.1. The smallest absolute Gasteiger partial charge is 0.251 e. The predicted molar refractivity (Wildman–Crippen MR) is 74.5 cm³/mol. The summed E-state index contributed by atoms with van der Waals surface area (Å²) in [6, 6.07) is 3.38. The van der Waals surface area contributed by atoms with Crippen LogP contribution in [0.3, 0.4) is 0 Å². The fourth-order valence-electron chi connectivity index (χ4n) is 2.14. The van der Waals surface area contributed by atoms with Crippen molar-refractivity contribution in [3.8, 4) is 0 Å². The molecule has 0 aliphatic carbocycles. The van der Waals surface area contributed by atoms with Gasteiger partial charge in [-0.25, -0.2) is 4.98 Å². The molecule has 2 rings (SSSR count). The first kappa shape index (κ1) is 14.3. The van der Waals surface area contributed by atoms with Crippen LogP contribution in [-0.4, -0.2) is 30.1 Å². The lowest BCUT2D eigenvalue weighted by molar-refractivity contribution is 0.0169. The maximum atomic E-state index is 12.1. The number of nitrogens with zero attached hydrogens (tertiary/aromatic N) is 1. The molecule has 5 heteroatoms. The molecule has 2 heterocycles. The van der Waals surface area contributed by atoms with Gasteiger partial charge in [-0.2, -0.15) is 0 Å². The van der Waals surface area contributed by atoms with Crippen LogP contribution in [0.2, 0.25) is 5.15 Å². The minimum absolute atomic E-state index is 0.117. The molecule has 1 aliphatic rings. The second kappa shape index (κ2) is 6.87. The van der Waals surface area contributed by atoms with E-state index in [1.54, 1.807) is 12.1 Å². The van der Waals surface area contributed by atoms with E-state index in [2.05, 4.69) is 10.3 Å². The van der Waals surface area contributed by atoms with Gasteiger partial charge in [-0.15, -0.1) is 0 Å². The molecular weight excluding hydrogens is 264 g/mol. The molecule has 1 unspecified atom stereocenters. The Morgan fingerprint density at radius 1 is 1.53 bits per heavy atom. The number of carbonyl (C=O) groups is 1. The van der Waals surface area contributed by atoms with E-state index in [4.69, 9.17) is 16.3 Å². The Kier molecular flexibility index (Phi) is 5.16. The van der Waals surface area contributed by atoms with E-state index in [-0.39, 0.29) is 12.0 Å². The van der Waals surface area contributed by atoms with Gasteiger partial charge < -0.3 is 10.1 Å². The minimum atomic E-state index is -0.117. The highest BCUT2D eigenvalue weighted by Gasteiger charge is 2.15. The van der Waals surface area contributed by atoms with Gasteiger partial charge in [0.15, 0.2) is 0 Å². The third kappa shape index (κ3) is 4.18. The van der Waals surface area contributed by atoms with Crippen molar-refractivity contribution in [3.05, 3.63) is 28.5 Å². The summed E-state index contributed by atoms with van der Waals surface area (Å²) in [4.78, 5) is 16.2. The maximum Gasteiger partial charge on any atom is 0.251 e. The van der Waals surface area contributed by atoms with E-state index in [1.807, 2.05) is 6.92 Å². The van der Waals surface area contributed by atoms with E-state index < -0.39 is 0 Å². The zero-order valence-electron chi connectivity index (χ0n) is 11.1. The molecule has 0 spiro atoms. The largest absolute Gasteiger partial charge is 0.376 e. The zero-order valence-corrected chi connectivity index (χ0v) is 11.9. The van der Waals surface area contributed by atoms with Crippen LogP contribution in [0.25, 0.3) is 0 Å². The van der Waals surface area contributed by atoms with Crippen molar-refractivity contribution < 1.29 is 9.53 Å². The van der Waals surface area contributed by atoms with Crippen LogP contribution in [0.5, 0.6) is 0 Å². The van der Waals surface area contributed by atoms with Crippen LogP contribution in [0.1, 0.15) is 42.2 Å². The number of nitrogens with one attached hydrogen (secondary N) is 1. The summed E-state index contributed by atoms with van der Waals surface area (Å²) in [6.07, 6.45) is 4.19. The molecule has 1 atom stereocenters. The number of hydrogen-bond donors (Lipinski definition) is 1. The van der Waals surface area contributed by atoms with E-state index in [0.717, 1.165) is 31.6 Å². The Bertz CT molecular complexity index is 445. The zero-order chi connectivity index (χ0) is 13.7. The summed E-state index contributed by atoms with van der Waals surface area (Å²) in [5.74, 6) is -0.117. The van der Waals surface area contributed by atoms with Crippen molar-refractivity contribution in [1.29, 1.82) is 0 Å². The van der Waals surface area contributed by atoms with Gasteiger partial charge in [0.1, 0.15) is 5.15 Å². The van der Waals surface area contributed by atoms with Gasteiger partial charge >= 0.3 is 0 Å². The van der Waals surface area contributed by atoms with Crippen LogP contribution in [0.4, 0.5) is 0 Å². The number of halogens is 1. The summed E-state index contributed by atoms with van der Waals surface area (Å²) in [7, 11) is 0. The van der Waals surface area contributed by atoms with Crippen LogP contribution < -0.4 is 5.32 Å². The molecule has 0 saturated carbocycles. The van der Waals surface area contributed by atoms with Crippen LogP contribution in [0, 0.1) is 0 Å². The van der Waals surface area contributed by atoms with Crippen LogP contribution in [0.15, 0.2) is 12.1 Å². The fourth-order valence-corrected chi connectivity index (χ4v) is 2.37. The standard InChI is InChI=1S/C14H19ClN2O2/c1-2-11-7-10(8-13(15)17-11)14(18)16-9-12-5-3-4-6-19-12/h7-8,12H,2-6,9H2,1H3,(H,16,18). The fraction of sp³-hybridized carbons (Fsp3) is 0.571. The van der Waals surface area contributed by atoms with Gasteiger partial charge in [0, 0.05) is 24.4 Å². The monoisotopic (exact) mass is 282 g/mol. The molecule has 104 valence electrons. The summed E-state index contributed by atoms with van der Waals surface area (Å²) >= 11 is 5.91. The number of aryl methyl sites for hydroxylation is 1. The van der Waals surface area contributed by atoms with Crippen molar-refractivity contribution in [2.45, 2.75) is 38.7 Å². The highest BCUT2D eigenvalue weighted by molar-refractivity contribution is 6.29. The van der Waals surface area contributed by atoms with Crippen molar-refractivity contribution in [3.63, 3.8) is 0 Å². The van der Waals surface area contributed by atoms with Gasteiger partial charge in [-0.3, -0.25) is 4.79 Å². The lowest BCUT2D eigenvalue weighted by Gasteiger charge is -2.22. The number of hydrogen-bond acceptors (Lipinski definition) is 3. The van der Waals surface area contributed by atoms with Gasteiger partial charge in [0.25, 0.3) is 5.91 Å². The summed E-state index contributed by atoms with van der Waals surface area (Å²) in [5, 5.41) is 3.26. The van der Waals surface area contributed by atoms with Crippen molar-refractivity contribution >= 4 is 17.5 Å². The SMILES string of the molecule is CCc1cc(C(=O)NCC2CCCCO2)cc(Cl)n1. The van der Waals surface area contributed by atoms with Gasteiger partial charge in [0.2, 0.25) is 0 Å². The first-order valence-electron chi connectivity index (χ1n) is 6.75. The molecule has 1 N–H and O–H groups in total. The molecule has 4 nitrogen and oxygen atoms in total. The first-order valence-corrected chi connectivity index (χ1v) is 7.13.